The largest absolute Gasteiger partial charge is 0.481 e. The Labute approximate surface area is 80.3 Å². The number of carboxylic acid groups (broad SMARTS) is 1. The van der Waals surface area contributed by atoms with E-state index >= 15 is 0 Å². The van der Waals surface area contributed by atoms with Gasteiger partial charge in [-0.05, 0) is 31.1 Å². The fourth-order valence-corrected chi connectivity index (χ4v) is 2.25. The third kappa shape index (κ3) is 3.02. The first kappa shape index (κ1) is 10.6. The van der Waals surface area contributed by atoms with E-state index in [0.717, 1.165) is 25.7 Å². The molecule has 0 amide bonds. The summed E-state index contributed by atoms with van der Waals surface area (Å²) < 4.78 is 0. The minimum atomic E-state index is -0.578. The second kappa shape index (κ2) is 4.64. The Bertz CT molecular complexity index is 175. The normalized spacial score (nSPS) is 28.2. The highest BCUT2D eigenvalue weighted by Gasteiger charge is 2.32. The van der Waals surface area contributed by atoms with Gasteiger partial charge in [0.15, 0.2) is 0 Å². The lowest BCUT2D eigenvalue weighted by molar-refractivity contribution is -0.143. The molecule has 0 aromatic heterocycles. The van der Waals surface area contributed by atoms with Crippen molar-refractivity contribution in [2.45, 2.75) is 46.0 Å². The summed E-state index contributed by atoms with van der Waals surface area (Å²) in [6.07, 6.45) is 5.42. The number of hydrogen-bond donors (Lipinski definition) is 1. The summed E-state index contributed by atoms with van der Waals surface area (Å²) in [5, 5.41) is 8.95. The summed E-state index contributed by atoms with van der Waals surface area (Å²) in [5.41, 5.74) is 0. The molecule has 1 rings (SSSR count). The molecule has 2 atom stereocenters. The van der Waals surface area contributed by atoms with E-state index in [4.69, 9.17) is 5.11 Å². The van der Waals surface area contributed by atoms with Gasteiger partial charge in [0.2, 0.25) is 0 Å². The first-order valence-corrected chi connectivity index (χ1v) is 5.34. The van der Waals surface area contributed by atoms with Crippen molar-refractivity contribution < 1.29 is 9.90 Å². The predicted molar refractivity (Wildman–Crippen MR) is 52.5 cm³/mol. The lowest BCUT2D eigenvalue weighted by atomic mass is 9.89. The van der Waals surface area contributed by atoms with Crippen molar-refractivity contribution in [1.29, 1.82) is 0 Å². The molecule has 0 spiro atoms. The molecule has 1 saturated carbocycles. The van der Waals surface area contributed by atoms with Crippen molar-refractivity contribution in [1.82, 2.24) is 0 Å². The van der Waals surface area contributed by atoms with Gasteiger partial charge < -0.3 is 5.11 Å². The zero-order valence-corrected chi connectivity index (χ0v) is 8.62. The minimum Gasteiger partial charge on any atom is -0.481 e. The van der Waals surface area contributed by atoms with Crippen molar-refractivity contribution >= 4 is 5.97 Å². The van der Waals surface area contributed by atoms with E-state index in [0.29, 0.717) is 11.8 Å². The van der Waals surface area contributed by atoms with Crippen LogP contribution in [0.25, 0.3) is 0 Å². The van der Waals surface area contributed by atoms with E-state index in [1.807, 2.05) is 0 Å². The van der Waals surface area contributed by atoms with E-state index in [2.05, 4.69) is 13.8 Å². The second-order valence-electron chi connectivity index (χ2n) is 4.61. The van der Waals surface area contributed by atoms with Crippen LogP contribution in [0.5, 0.6) is 0 Å². The zero-order chi connectivity index (χ0) is 9.84. The molecule has 0 aromatic carbocycles. The Morgan fingerprint density at radius 2 is 2.15 bits per heavy atom. The molecule has 76 valence electrons. The average molecular weight is 184 g/mol. The van der Waals surface area contributed by atoms with Gasteiger partial charge in [0.05, 0.1) is 5.92 Å². The van der Waals surface area contributed by atoms with Gasteiger partial charge in [-0.2, -0.15) is 0 Å². The second-order valence-corrected chi connectivity index (χ2v) is 4.61. The van der Waals surface area contributed by atoms with Crippen LogP contribution in [0.15, 0.2) is 0 Å². The Morgan fingerprint density at radius 1 is 1.46 bits per heavy atom. The topological polar surface area (TPSA) is 37.3 Å². The molecule has 1 aliphatic carbocycles. The van der Waals surface area contributed by atoms with Gasteiger partial charge in [-0.25, -0.2) is 0 Å². The molecule has 2 unspecified atom stereocenters. The molecular formula is C11H20O2. The third-order valence-electron chi connectivity index (χ3n) is 3.09. The molecular weight excluding hydrogens is 164 g/mol. The van der Waals surface area contributed by atoms with Crippen molar-refractivity contribution in [3.05, 3.63) is 0 Å². The van der Waals surface area contributed by atoms with E-state index in [1.54, 1.807) is 0 Å². The predicted octanol–water partition coefficient (Wildman–Crippen LogP) is 2.92. The van der Waals surface area contributed by atoms with Crippen molar-refractivity contribution in [3.8, 4) is 0 Å². The van der Waals surface area contributed by atoms with Crippen LogP contribution in [0.4, 0.5) is 0 Å². The lowest BCUT2D eigenvalue weighted by Crippen LogP contribution is -2.18. The molecule has 0 heterocycles. The number of aliphatic carboxylic acids is 1. The molecule has 0 aliphatic heterocycles. The van der Waals surface area contributed by atoms with Crippen LogP contribution in [0.3, 0.4) is 0 Å². The molecule has 1 N–H and O–H groups in total. The zero-order valence-electron chi connectivity index (χ0n) is 8.62. The smallest absolute Gasteiger partial charge is 0.306 e. The standard InChI is InChI=1S/C11H20O2/c1-8(2)6-7-9-4-3-5-10(9)11(12)13/h8-10H,3-7H2,1-2H3,(H,12,13). The summed E-state index contributed by atoms with van der Waals surface area (Å²) in [6, 6.07) is 0. The molecule has 0 bridgehead atoms. The van der Waals surface area contributed by atoms with Crippen LogP contribution in [-0.2, 0) is 4.79 Å². The number of hydrogen-bond acceptors (Lipinski definition) is 1. The van der Waals surface area contributed by atoms with E-state index in [9.17, 15) is 4.79 Å². The summed E-state index contributed by atoms with van der Waals surface area (Å²) in [4.78, 5) is 10.9. The highest BCUT2D eigenvalue weighted by Crippen LogP contribution is 2.35. The van der Waals surface area contributed by atoms with Crippen LogP contribution < -0.4 is 0 Å². The van der Waals surface area contributed by atoms with Gasteiger partial charge in [0.1, 0.15) is 0 Å². The maximum atomic E-state index is 10.9. The highest BCUT2D eigenvalue weighted by atomic mass is 16.4. The average Bonchev–Trinajstić information content (AvgIpc) is 2.47. The fourth-order valence-electron chi connectivity index (χ4n) is 2.25. The van der Waals surface area contributed by atoms with Gasteiger partial charge in [-0.1, -0.05) is 26.7 Å². The fraction of sp³-hybridized carbons (Fsp3) is 0.909. The molecule has 1 aliphatic rings. The monoisotopic (exact) mass is 184 g/mol. The first-order valence-electron chi connectivity index (χ1n) is 5.34. The van der Waals surface area contributed by atoms with Crippen LogP contribution in [-0.4, -0.2) is 11.1 Å². The van der Waals surface area contributed by atoms with Crippen molar-refractivity contribution in [2.24, 2.45) is 17.8 Å². The SMILES string of the molecule is CC(C)CCC1CCCC1C(=O)O. The summed E-state index contributed by atoms with van der Waals surface area (Å²) in [6.45, 7) is 4.40. The highest BCUT2D eigenvalue weighted by molar-refractivity contribution is 5.70. The van der Waals surface area contributed by atoms with Gasteiger partial charge >= 0.3 is 5.97 Å². The Hall–Kier alpha value is -0.530. The molecule has 2 nitrogen and oxygen atoms in total. The summed E-state index contributed by atoms with van der Waals surface area (Å²) >= 11 is 0. The third-order valence-corrected chi connectivity index (χ3v) is 3.09. The summed E-state index contributed by atoms with van der Waals surface area (Å²) in [7, 11) is 0. The molecule has 0 aromatic rings. The van der Waals surface area contributed by atoms with Gasteiger partial charge in [0, 0.05) is 0 Å². The number of carboxylic acids is 1. The first-order chi connectivity index (χ1) is 6.11. The van der Waals surface area contributed by atoms with Crippen LogP contribution in [0.2, 0.25) is 0 Å². The lowest BCUT2D eigenvalue weighted by Gasteiger charge is -2.16. The Morgan fingerprint density at radius 3 is 2.69 bits per heavy atom. The van der Waals surface area contributed by atoms with Gasteiger partial charge in [-0.15, -0.1) is 0 Å². The van der Waals surface area contributed by atoms with E-state index in [1.165, 1.54) is 6.42 Å². The Balaban J connectivity index is 2.35. The quantitative estimate of drug-likeness (QED) is 0.729. The molecule has 13 heavy (non-hydrogen) atoms. The summed E-state index contributed by atoms with van der Waals surface area (Å²) in [5.74, 6) is 0.542. The van der Waals surface area contributed by atoms with Crippen molar-refractivity contribution in [3.63, 3.8) is 0 Å². The van der Waals surface area contributed by atoms with Crippen LogP contribution >= 0.6 is 0 Å². The molecule has 2 heteroatoms. The van der Waals surface area contributed by atoms with Crippen LogP contribution in [0, 0.1) is 17.8 Å². The molecule has 0 radical (unpaired) electrons. The maximum absolute atomic E-state index is 10.9. The van der Waals surface area contributed by atoms with E-state index < -0.39 is 5.97 Å². The molecule has 1 fully saturated rings. The van der Waals surface area contributed by atoms with Gasteiger partial charge in [-0.3, -0.25) is 4.79 Å². The number of carbonyl (C=O) groups is 1. The number of rotatable bonds is 4. The molecule has 0 saturated heterocycles. The maximum Gasteiger partial charge on any atom is 0.306 e. The van der Waals surface area contributed by atoms with Gasteiger partial charge in [0.25, 0.3) is 0 Å². The Kier molecular flexibility index (Phi) is 3.76. The van der Waals surface area contributed by atoms with E-state index in [-0.39, 0.29) is 5.92 Å². The van der Waals surface area contributed by atoms with Crippen LogP contribution in [0.1, 0.15) is 46.0 Å². The van der Waals surface area contributed by atoms with Crippen molar-refractivity contribution in [2.75, 3.05) is 0 Å². The minimum absolute atomic E-state index is 0.0428.